The van der Waals surface area contributed by atoms with Crippen molar-refractivity contribution in [2.45, 2.75) is 26.4 Å². The van der Waals surface area contributed by atoms with Crippen LogP contribution >= 0.6 is 0 Å². The number of carbonyl (C=O) groups is 1. The molecule has 1 N–H and O–H groups in total. The minimum absolute atomic E-state index is 0.224. The van der Waals surface area contributed by atoms with Crippen LogP contribution in [0.1, 0.15) is 24.1 Å². The minimum Gasteiger partial charge on any atom is -0.348 e. The molecule has 0 radical (unpaired) electrons. The van der Waals surface area contributed by atoms with Gasteiger partial charge >= 0.3 is 0 Å². The Bertz CT molecular complexity index is 1010. The van der Waals surface area contributed by atoms with Crippen LogP contribution in [0.5, 0.6) is 0 Å². The number of hydrogen-bond acceptors (Lipinski definition) is 3. The fourth-order valence-corrected chi connectivity index (χ4v) is 2.83. The molecular formula is C18H19FN4O2. The fourth-order valence-electron chi connectivity index (χ4n) is 2.83. The summed E-state index contributed by atoms with van der Waals surface area (Å²) < 4.78 is 16.8. The largest absolute Gasteiger partial charge is 0.348 e. The van der Waals surface area contributed by atoms with Crippen LogP contribution in [0.2, 0.25) is 0 Å². The molecular weight excluding hydrogens is 323 g/mol. The zero-order chi connectivity index (χ0) is 18.1. The predicted octanol–water partition coefficient (Wildman–Crippen LogP) is 2.06. The third-order valence-corrected chi connectivity index (χ3v) is 4.17. The summed E-state index contributed by atoms with van der Waals surface area (Å²) in [5, 5.41) is 7.45. The smallest absolute Gasteiger partial charge is 0.291 e. The zero-order valence-electron chi connectivity index (χ0n) is 14.3. The van der Waals surface area contributed by atoms with E-state index < -0.39 is 11.9 Å². The Labute approximate surface area is 143 Å². The molecule has 0 aliphatic rings. The molecule has 6 nitrogen and oxygen atoms in total. The van der Waals surface area contributed by atoms with Crippen LogP contribution in [-0.2, 0) is 18.4 Å². The van der Waals surface area contributed by atoms with E-state index in [0.29, 0.717) is 11.1 Å². The molecule has 1 aromatic carbocycles. The maximum Gasteiger partial charge on any atom is 0.291 e. The van der Waals surface area contributed by atoms with Gasteiger partial charge in [0.1, 0.15) is 17.9 Å². The third kappa shape index (κ3) is 3.31. The number of benzene rings is 1. The number of rotatable bonds is 4. The minimum atomic E-state index is -0.512. The number of carbonyl (C=O) groups excluding carboxylic acids is 1. The molecule has 1 atom stereocenters. The first-order valence-corrected chi connectivity index (χ1v) is 7.93. The van der Waals surface area contributed by atoms with Gasteiger partial charge in [0.2, 0.25) is 5.91 Å². The molecule has 7 heteroatoms. The lowest BCUT2D eigenvalue weighted by Crippen LogP contribution is -2.35. The van der Waals surface area contributed by atoms with Crippen molar-refractivity contribution in [1.82, 2.24) is 19.7 Å². The first-order chi connectivity index (χ1) is 11.9. The molecule has 1 unspecified atom stereocenters. The molecule has 0 saturated heterocycles. The van der Waals surface area contributed by atoms with E-state index in [2.05, 4.69) is 10.4 Å². The summed E-state index contributed by atoms with van der Waals surface area (Å²) in [6, 6.07) is 6.14. The number of nitrogens with zero attached hydrogens (tertiary/aromatic N) is 3. The summed E-state index contributed by atoms with van der Waals surface area (Å²) in [6.45, 7) is 3.27. The molecule has 25 heavy (non-hydrogen) atoms. The van der Waals surface area contributed by atoms with E-state index in [9.17, 15) is 14.0 Å². The summed E-state index contributed by atoms with van der Waals surface area (Å²) in [4.78, 5) is 24.7. The molecule has 130 valence electrons. The molecule has 2 aromatic heterocycles. The van der Waals surface area contributed by atoms with Gasteiger partial charge in [-0.05, 0) is 31.5 Å². The van der Waals surface area contributed by atoms with Gasteiger partial charge in [-0.2, -0.15) is 5.10 Å². The molecule has 3 rings (SSSR count). The normalized spacial score (nSPS) is 12.3. The quantitative estimate of drug-likeness (QED) is 0.789. The number of nitrogens with one attached hydrogen (secondary N) is 1. The van der Waals surface area contributed by atoms with Gasteiger partial charge in [-0.15, -0.1) is 0 Å². The summed E-state index contributed by atoms with van der Waals surface area (Å²) in [6.07, 6.45) is 3.31. The van der Waals surface area contributed by atoms with Crippen LogP contribution in [0.15, 0.2) is 41.5 Å². The Morgan fingerprint density at radius 1 is 1.36 bits per heavy atom. The van der Waals surface area contributed by atoms with Crippen LogP contribution in [0.3, 0.4) is 0 Å². The Morgan fingerprint density at radius 3 is 2.84 bits per heavy atom. The van der Waals surface area contributed by atoms with Crippen LogP contribution in [0.4, 0.5) is 4.39 Å². The molecule has 0 fully saturated rings. The van der Waals surface area contributed by atoms with Crippen molar-refractivity contribution in [2.24, 2.45) is 7.05 Å². The van der Waals surface area contributed by atoms with Crippen molar-refractivity contribution in [3.63, 3.8) is 0 Å². The predicted molar refractivity (Wildman–Crippen MR) is 92.7 cm³/mol. The van der Waals surface area contributed by atoms with E-state index in [4.69, 9.17) is 0 Å². The number of amides is 1. The molecule has 1 amide bonds. The van der Waals surface area contributed by atoms with Gasteiger partial charge < -0.3 is 9.88 Å². The van der Waals surface area contributed by atoms with Crippen LogP contribution in [-0.4, -0.2) is 20.3 Å². The van der Waals surface area contributed by atoms with Gasteiger partial charge in [-0.3, -0.25) is 9.59 Å². The average Bonchev–Trinajstić information content (AvgIpc) is 2.91. The second-order valence-electron chi connectivity index (χ2n) is 6.15. The zero-order valence-corrected chi connectivity index (χ0v) is 14.3. The maximum absolute atomic E-state index is 14.0. The SMILES string of the molecule is Cc1ccc(C(C)NC(=O)Cn2ncc3ccn(C)c3c2=O)c(F)c1. The van der Waals surface area contributed by atoms with Crippen molar-refractivity contribution in [3.8, 4) is 0 Å². The van der Waals surface area contributed by atoms with E-state index in [1.165, 1.54) is 6.07 Å². The van der Waals surface area contributed by atoms with Crippen molar-refractivity contribution < 1.29 is 9.18 Å². The van der Waals surface area contributed by atoms with Gasteiger partial charge in [-0.1, -0.05) is 12.1 Å². The monoisotopic (exact) mass is 342 g/mol. The second-order valence-corrected chi connectivity index (χ2v) is 6.15. The van der Waals surface area contributed by atoms with Gasteiger partial charge in [-0.25, -0.2) is 9.07 Å². The van der Waals surface area contributed by atoms with Gasteiger partial charge in [0.05, 0.1) is 12.2 Å². The summed E-state index contributed by atoms with van der Waals surface area (Å²) in [7, 11) is 1.76. The van der Waals surface area contributed by atoms with Crippen LogP contribution < -0.4 is 10.9 Å². The topological polar surface area (TPSA) is 68.9 Å². The Balaban J connectivity index is 1.77. The second kappa shape index (κ2) is 6.51. The summed E-state index contributed by atoms with van der Waals surface area (Å²) in [5.74, 6) is -0.774. The van der Waals surface area contributed by atoms with E-state index in [-0.39, 0.29) is 17.9 Å². The number of aromatic nitrogens is 3. The van der Waals surface area contributed by atoms with Crippen molar-refractivity contribution >= 4 is 16.8 Å². The van der Waals surface area contributed by atoms with Gasteiger partial charge in [0.15, 0.2) is 0 Å². The number of fused-ring (bicyclic) bond motifs is 1. The maximum atomic E-state index is 14.0. The van der Waals surface area contributed by atoms with Crippen molar-refractivity contribution in [1.29, 1.82) is 0 Å². The van der Waals surface area contributed by atoms with Crippen molar-refractivity contribution in [3.05, 3.63) is 64.0 Å². The third-order valence-electron chi connectivity index (χ3n) is 4.17. The molecule has 0 spiro atoms. The van der Waals surface area contributed by atoms with E-state index in [1.54, 1.807) is 56.1 Å². The molecule has 0 saturated carbocycles. The van der Waals surface area contributed by atoms with Crippen LogP contribution in [0.25, 0.3) is 10.9 Å². The average molecular weight is 342 g/mol. The molecule has 3 aromatic rings. The number of aryl methyl sites for hydroxylation is 2. The summed E-state index contributed by atoms with van der Waals surface area (Å²) in [5.41, 5.74) is 1.36. The lowest BCUT2D eigenvalue weighted by molar-refractivity contribution is -0.122. The van der Waals surface area contributed by atoms with E-state index in [1.807, 2.05) is 0 Å². The fraction of sp³-hybridized carbons (Fsp3) is 0.278. The standard InChI is InChI=1S/C18H19FN4O2/c1-11-4-5-14(15(19)8-11)12(2)21-16(24)10-23-18(25)17-13(9-20-23)6-7-22(17)3/h4-9,12H,10H2,1-3H3,(H,21,24). The van der Waals surface area contributed by atoms with E-state index in [0.717, 1.165) is 15.6 Å². The molecule has 0 aliphatic carbocycles. The Morgan fingerprint density at radius 2 is 2.12 bits per heavy atom. The first-order valence-electron chi connectivity index (χ1n) is 7.93. The van der Waals surface area contributed by atoms with Crippen LogP contribution in [0, 0.1) is 12.7 Å². The molecule has 0 aliphatic heterocycles. The Hall–Kier alpha value is -2.96. The van der Waals surface area contributed by atoms with Crippen molar-refractivity contribution in [2.75, 3.05) is 0 Å². The highest BCUT2D eigenvalue weighted by Crippen LogP contribution is 2.17. The van der Waals surface area contributed by atoms with Gasteiger partial charge in [0.25, 0.3) is 5.56 Å². The molecule has 2 heterocycles. The lowest BCUT2D eigenvalue weighted by atomic mass is 10.1. The first kappa shape index (κ1) is 16.9. The highest BCUT2D eigenvalue weighted by molar-refractivity contribution is 5.79. The summed E-state index contributed by atoms with van der Waals surface area (Å²) >= 11 is 0. The number of halogens is 1. The highest BCUT2D eigenvalue weighted by atomic mass is 19.1. The molecule has 0 bridgehead atoms. The number of hydrogen-bond donors (Lipinski definition) is 1. The highest BCUT2D eigenvalue weighted by Gasteiger charge is 2.16. The van der Waals surface area contributed by atoms with Gasteiger partial charge in [0, 0.05) is 24.2 Å². The lowest BCUT2D eigenvalue weighted by Gasteiger charge is -2.16. The Kier molecular flexibility index (Phi) is 4.39. The van der Waals surface area contributed by atoms with E-state index >= 15 is 0 Å².